The summed E-state index contributed by atoms with van der Waals surface area (Å²) in [5, 5.41) is 10.1. The van der Waals surface area contributed by atoms with Gasteiger partial charge in [-0.1, -0.05) is 0 Å². The van der Waals surface area contributed by atoms with E-state index >= 15 is 0 Å². The number of aromatic amines is 1. The first kappa shape index (κ1) is 26.4. The Hall–Kier alpha value is -1.22. The fraction of sp³-hybridized carbons (Fsp3) is 0.750. The van der Waals surface area contributed by atoms with Crippen molar-refractivity contribution < 1.29 is 52.6 Å². The predicted molar refractivity (Wildman–Crippen MR) is 104 cm³/mol. The number of nitrogens with one attached hydrogen (secondary N) is 1. The zero-order valence-electron chi connectivity index (χ0n) is 17.9. The summed E-state index contributed by atoms with van der Waals surface area (Å²) in [6, 6.07) is -0.0664. The van der Waals surface area contributed by atoms with Crippen LogP contribution in [0.5, 0.6) is 0 Å². The van der Waals surface area contributed by atoms with Crippen molar-refractivity contribution in [3.05, 3.63) is 32.6 Å². The Labute approximate surface area is 187 Å². The summed E-state index contributed by atoms with van der Waals surface area (Å²) in [7, 11) is -10.8. The lowest BCUT2D eigenvalue weighted by Crippen LogP contribution is -2.68. The Balaban J connectivity index is 1.56. The molecule has 3 heterocycles. The first-order chi connectivity index (χ1) is 15.3. The smallest absolute Gasteiger partial charge is 0.330 e. The first-order valence-electron chi connectivity index (χ1n) is 10.1. The zero-order valence-corrected chi connectivity index (χ0v) is 19.6. The van der Waals surface area contributed by atoms with Crippen LogP contribution in [0.2, 0.25) is 0 Å². The molecule has 0 aliphatic carbocycles. The molecule has 33 heavy (non-hydrogen) atoms. The molecule has 2 saturated heterocycles. The van der Waals surface area contributed by atoms with E-state index < -0.39 is 64.3 Å². The molecule has 0 saturated carbocycles. The summed E-state index contributed by atoms with van der Waals surface area (Å²) < 4.78 is 49.1. The van der Waals surface area contributed by atoms with Crippen molar-refractivity contribution in [1.29, 1.82) is 0 Å². The fourth-order valence-electron chi connectivity index (χ4n) is 3.39. The minimum absolute atomic E-state index is 0.0664. The molecule has 0 aromatic carbocycles. The Bertz CT molecular complexity index is 1060. The van der Waals surface area contributed by atoms with E-state index in [4.69, 9.17) is 9.47 Å². The SMILES string of the molecule is Cc1cn([C@H]2C[C@H](O)[C@@H](COP(=O)([O-])OP(=O)([O-])O[C@@H]3CC[C@H]([NH3+])[C@@H](C)O3)O2)c(=O)[nH]c1=O. The maximum atomic E-state index is 12.0. The van der Waals surface area contributed by atoms with Gasteiger partial charge in [0.1, 0.15) is 24.5 Å². The highest BCUT2D eigenvalue weighted by Gasteiger charge is 2.37. The van der Waals surface area contributed by atoms with Crippen molar-refractivity contribution in [2.75, 3.05) is 6.61 Å². The van der Waals surface area contributed by atoms with Gasteiger partial charge < -0.3 is 34.6 Å². The van der Waals surface area contributed by atoms with E-state index in [0.29, 0.717) is 6.42 Å². The average molecular weight is 514 g/mol. The predicted octanol–water partition coefficient (Wildman–Crippen LogP) is -2.38. The summed E-state index contributed by atoms with van der Waals surface area (Å²) in [5.74, 6) is 0. The lowest BCUT2D eigenvalue weighted by Gasteiger charge is -2.36. The van der Waals surface area contributed by atoms with Crippen molar-refractivity contribution in [3.63, 3.8) is 0 Å². The third kappa shape index (κ3) is 6.90. The molecule has 0 radical (unpaired) electrons. The topological polar surface area (TPSA) is 229 Å². The van der Waals surface area contributed by atoms with Crippen LogP contribution in [0.4, 0.5) is 0 Å². The number of hydrogen-bond acceptors (Lipinski definition) is 12. The van der Waals surface area contributed by atoms with Crippen LogP contribution in [0.15, 0.2) is 15.8 Å². The molecule has 2 aliphatic rings. The molecule has 5 N–H and O–H groups in total. The van der Waals surface area contributed by atoms with Crippen LogP contribution in [-0.2, 0) is 32.0 Å². The molecule has 2 unspecified atom stereocenters. The zero-order chi connectivity index (χ0) is 24.6. The Morgan fingerprint density at radius 2 is 1.97 bits per heavy atom. The van der Waals surface area contributed by atoms with Gasteiger partial charge in [-0.25, -0.2) is 9.11 Å². The second-order valence-corrected chi connectivity index (χ2v) is 10.8. The highest BCUT2D eigenvalue weighted by molar-refractivity contribution is 7.59. The molecule has 0 bridgehead atoms. The molecular formula is C16H26N3O12P2-. The van der Waals surface area contributed by atoms with E-state index in [1.807, 2.05) is 0 Å². The number of rotatable bonds is 8. The molecule has 188 valence electrons. The van der Waals surface area contributed by atoms with Crippen LogP contribution in [0.1, 0.15) is 38.0 Å². The van der Waals surface area contributed by atoms with Crippen LogP contribution in [0.3, 0.4) is 0 Å². The molecule has 1 aromatic heterocycles. The number of aryl methyl sites for hydroxylation is 1. The van der Waals surface area contributed by atoms with Gasteiger partial charge in [0.15, 0.2) is 6.29 Å². The molecule has 17 heteroatoms. The fourth-order valence-corrected chi connectivity index (χ4v) is 5.49. The van der Waals surface area contributed by atoms with Gasteiger partial charge in [0.05, 0.1) is 12.7 Å². The van der Waals surface area contributed by atoms with E-state index in [-0.39, 0.29) is 24.4 Å². The number of phosphoric ester groups is 2. The minimum atomic E-state index is -5.43. The Kier molecular flexibility index (Phi) is 8.14. The van der Waals surface area contributed by atoms with Gasteiger partial charge in [0.25, 0.3) is 21.2 Å². The molecule has 2 aliphatic heterocycles. The number of ether oxygens (including phenoxy) is 2. The second kappa shape index (κ2) is 10.2. The highest BCUT2D eigenvalue weighted by atomic mass is 31.3. The van der Waals surface area contributed by atoms with E-state index in [1.165, 1.54) is 13.1 Å². The second-order valence-electron chi connectivity index (χ2n) is 7.90. The van der Waals surface area contributed by atoms with Crippen LogP contribution in [0.25, 0.3) is 0 Å². The van der Waals surface area contributed by atoms with Crippen molar-refractivity contribution >= 4 is 15.6 Å². The molecule has 0 spiro atoms. The summed E-state index contributed by atoms with van der Waals surface area (Å²) >= 11 is 0. The van der Waals surface area contributed by atoms with Gasteiger partial charge in [-0.15, -0.1) is 0 Å². The van der Waals surface area contributed by atoms with E-state index in [0.717, 1.165) is 4.57 Å². The molecule has 8 atom stereocenters. The van der Waals surface area contributed by atoms with Gasteiger partial charge in [0.2, 0.25) is 0 Å². The number of nitrogens with zero attached hydrogens (tertiary/aromatic N) is 1. The molecule has 0 amide bonds. The van der Waals surface area contributed by atoms with Crippen molar-refractivity contribution in [1.82, 2.24) is 9.55 Å². The maximum absolute atomic E-state index is 12.0. The standard InChI is InChI=1S/C16H27N3O12P2/c1-8-6-19(16(22)18-15(8)21)13-5-11(20)12(29-13)7-27-32(23,24)31-33(25,26)30-14-4-3-10(17)9(2)28-14/h6,9-14,20H,3-5,7,17H2,1-2H3,(H,23,24)(H,25,26)(H,18,21,22)/p-1/t9-,10+,11+,12-,13-,14-/m1/s1. The van der Waals surface area contributed by atoms with Crippen LogP contribution >= 0.6 is 15.6 Å². The van der Waals surface area contributed by atoms with Gasteiger partial charge in [-0.05, 0) is 13.8 Å². The third-order valence-electron chi connectivity index (χ3n) is 5.31. The number of hydrogen-bond donors (Lipinski definition) is 3. The lowest BCUT2D eigenvalue weighted by molar-refractivity contribution is -0.455. The monoisotopic (exact) mass is 514 g/mol. The van der Waals surface area contributed by atoms with Crippen LogP contribution in [-0.4, -0.2) is 51.9 Å². The summed E-state index contributed by atoms with van der Waals surface area (Å²) in [4.78, 5) is 49.5. The van der Waals surface area contributed by atoms with Crippen LogP contribution in [0, 0.1) is 6.92 Å². The first-order valence-corrected chi connectivity index (χ1v) is 13.0. The number of aromatic nitrogens is 2. The van der Waals surface area contributed by atoms with Gasteiger partial charge >= 0.3 is 5.69 Å². The maximum Gasteiger partial charge on any atom is 0.330 e. The molecular weight excluding hydrogens is 488 g/mol. The summed E-state index contributed by atoms with van der Waals surface area (Å²) in [5.41, 5.74) is 2.69. The number of aliphatic hydroxyl groups excluding tert-OH is 1. The van der Waals surface area contributed by atoms with E-state index in [2.05, 4.69) is 24.1 Å². The highest BCUT2D eigenvalue weighted by Crippen LogP contribution is 2.56. The minimum Gasteiger partial charge on any atom is -0.756 e. The largest absolute Gasteiger partial charge is 0.756 e. The van der Waals surface area contributed by atoms with Gasteiger partial charge in [0, 0.05) is 31.0 Å². The Morgan fingerprint density at radius 1 is 1.27 bits per heavy atom. The quantitative estimate of drug-likeness (QED) is 0.309. The summed E-state index contributed by atoms with van der Waals surface area (Å²) in [6.45, 7) is 2.34. The van der Waals surface area contributed by atoms with Crippen molar-refractivity contribution in [3.8, 4) is 0 Å². The lowest BCUT2D eigenvalue weighted by atomic mass is 10.0. The van der Waals surface area contributed by atoms with Crippen molar-refractivity contribution in [2.24, 2.45) is 0 Å². The van der Waals surface area contributed by atoms with Gasteiger partial charge in [-0.2, -0.15) is 0 Å². The molecule has 1 aromatic rings. The van der Waals surface area contributed by atoms with Crippen molar-refractivity contribution in [2.45, 2.75) is 70.0 Å². The summed E-state index contributed by atoms with van der Waals surface area (Å²) in [6.07, 6.45) is -3.32. The van der Waals surface area contributed by atoms with Gasteiger partial charge in [-0.3, -0.25) is 28.0 Å². The number of phosphoric acid groups is 2. The molecule has 15 nitrogen and oxygen atoms in total. The molecule has 2 fully saturated rings. The van der Waals surface area contributed by atoms with Crippen LogP contribution < -0.4 is 26.8 Å². The normalized spacial score (nSPS) is 34.0. The average Bonchev–Trinajstić information content (AvgIpc) is 3.05. The third-order valence-corrected chi connectivity index (χ3v) is 7.87. The Morgan fingerprint density at radius 3 is 2.64 bits per heavy atom. The van der Waals surface area contributed by atoms with E-state index in [9.17, 15) is 33.6 Å². The number of aliphatic hydroxyl groups is 1. The number of quaternary nitrogens is 1. The van der Waals surface area contributed by atoms with E-state index in [1.54, 1.807) is 6.92 Å². The number of H-pyrrole nitrogens is 1. The molecule has 3 rings (SSSR count).